The van der Waals surface area contributed by atoms with Crippen molar-refractivity contribution in [3.63, 3.8) is 0 Å². The lowest BCUT2D eigenvalue weighted by Crippen LogP contribution is -2.07. The summed E-state index contributed by atoms with van der Waals surface area (Å²) in [5, 5.41) is 5.51. The summed E-state index contributed by atoms with van der Waals surface area (Å²) in [5.41, 5.74) is 2.21. The molecule has 2 N–H and O–H groups in total. The van der Waals surface area contributed by atoms with E-state index in [0.29, 0.717) is 17.1 Å². The Labute approximate surface area is 163 Å². The first kappa shape index (κ1) is 18.9. The Bertz CT molecular complexity index is 980. The number of benzene rings is 3. The number of amides is 2. The molecule has 0 heterocycles. The van der Waals surface area contributed by atoms with Gasteiger partial charge in [-0.25, -0.2) is 0 Å². The molecule has 3 aromatic rings. The number of para-hydroxylation sites is 1. The van der Waals surface area contributed by atoms with E-state index in [4.69, 9.17) is 4.74 Å². The molecule has 0 atom stereocenters. The predicted octanol–water partition coefficient (Wildman–Crippen LogP) is 5.09. The summed E-state index contributed by atoms with van der Waals surface area (Å²) in [6, 6.07) is 23.9. The lowest BCUT2D eigenvalue weighted by atomic mass is 10.2. The quantitative estimate of drug-likeness (QED) is 0.592. The molecule has 0 bridgehead atoms. The molecule has 0 aliphatic rings. The van der Waals surface area contributed by atoms with Gasteiger partial charge in [0.25, 0.3) is 0 Å². The molecular formula is C23H20N2O3. The van der Waals surface area contributed by atoms with Gasteiger partial charge in [-0.3, -0.25) is 9.59 Å². The molecule has 3 aromatic carbocycles. The number of hydrogen-bond acceptors (Lipinski definition) is 3. The van der Waals surface area contributed by atoms with Crippen molar-refractivity contribution in [1.82, 2.24) is 0 Å². The second-order valence-electron chi connectivity index (χ2n) is 6.07. The fraction of sp³-hybridized carbons (Fsp3) is 0.0435. The molecule has 0 unspecified atom stereocenters. The maximum absolute atomic E-state index is 12.2. The molecular weight excluding hydrogens is 352 g/mol. The van der Waals surface area contributed by atoms with Crippen LogP contribution in [0.2, 0.25) is 0 Å². The van der Waals surface area contributed by atoms with E-state index in [1.807, 2.05) is 54.6 Å². The van der Waals surface area contributed by atoms with Gasteiger partial charge in [-0.2, -0.15) is 0 Å². The molecule has 0 saturated carbocycles. The smallest absolute Gasteiger partial charge is 0.248 e. The number of carbonyl (C=O) groups excluding carboxylic acids is 2. The van der Waals surface area contributed by atoms with Crippen LogP contribution in [0.4, 0.5) is 11.4 Å². The Morgan fingerprint density at radius 1 is 0.786 bits per heavy atom. The predicted molar refractivity (Wildman–Crippen MR) is 111 cm³/mol. The van der Waals surface area contributed by atoms with Crippen LogP contribution in [0.15, 0.2) is 84.9 Å². The summed E-state index contributed by atoms with van der Waals surface area (Å²) in [5.74, 6) is 0.999. The highest BCUT2D eigenvalue weighted by Gasteiger charge is 2.02. The minimum Gasteiger partial charge on any atom is -0.457 e. The first-order chi connectivity index (χ1) is 13.6. The second-order valence-corrected chi connectivity index (χ2v) is 6.07. The minimum absolute atomic E-state index is 0.124. The molecule has 0 aliphatic heterocycles. The lowest BCUT2D eigenvalue weighted by molar-refractivity contribution is -0.114. The number of nitrogens with one attached hydrogen (secondary N) is 2. The topological polar surface area (TPSA) is 67.4 Å². The van der Waals surface area contributed by atoms with E-state index in [0.717, 1.165) is 11.3 Å². The van der Waals surface area contributed by atoms with Crippen molar-refractivity contribution >= 4 is 29.3 Å². The highest BCUT2D eigenvalue weighted by atomic mass is 16.5. The molecule has 3 rings (SSSR count). The van der Waals surface area contributed by atoms with Crippen LogP contribution in [0.5, 0.6) is 11.5 Å². The average molecular weight is 372 g/mol. The zero-order chi connectivity index (χ0) is 19.8. The lowest BCUT2D eigenvalue weighted by Gasteiger charge is -2.08. The molecule has 2 amide bonds. The van der Waals surface area contributed by atoms with Crippen molar-refractivity contribution in [2.75, 3.05) is 10.6 Å². The van der Waals surface area contributed by atoms with Crippen LogP contribution < -0.4 is 15.4 Å². The first-order valence-corrected chi connectivity index (χ1v) is 8.78. The van der Waals surface area contributed by atoms with Crippen LogP contribution in [0.1, 0.15) is 12.5 Å². The van der Waals surface area contributed by atoms with Crippen molar-refractivity contribution in [3.05, 3.63) is 90.5 Å². The Morgan fingerprint density at radius 2 is 1.50 bits per heavy atom. The third-order valence-electron chi connectivity index (χ3n) is 3.74. The number of hydrogen-bond donors (Lipinski definition) is 2. The highest BCUT2D eigenvalue weighted by molar-refractivity contribution is 6.02. The normalized spacial score (nSPS) is 10.5. The van der Waals surface area contributed by atoms with E-state index in [-0.39, 0.29) is 11.8 Å². The van der Waals surface area contributed by atoms with Gasteiger partial charge < -0.3 is 15.4 Å². The van der Waals surface area contributed by atoms with E-state index in [2.05, 4.69) is 10.6 Å². The van der Waals surface area contributed by atoms with Gasteiger partial charge in [-0.05, 0) is 48.0 Å². The van der Waals surface area contributed by atoms with Gasteiger partial charge in [0.1, 0.15) is 11.5 Å². The van der Waals surface area contributed by atoms with E-state index < -0.39 is 0 Å². The molecule has 0 radical (unpaired) electrons. The SMILES string of the molecule is CC(=O)Nc1ccc(/C=C/C(=O)Nc2cccc(Oc3ccccc3)c2)cc1. The van der Waals surface area contributed by atoms with E-state index in [1.165, 1.54) is 13.0 Å². The Hall–Kier alpha value is -3.86. The minimum atomic E-state index is -0.247. The standard InChI is InChI=1S/C23H20N2O3/c1-17(26)24-19-13-10-18(11-14-19)12-15-23(27)25-20-6-5-9-22(16-20)28-21-7-3-2-4-8-21/h2-16H,1H3,(H,24,26)(H,25,27)/b15-12+. The van der Waals surface area contributed by atoms with Crippen LogP contribution in [0, 0.1) is 0 Å². The number of carbonyl (C=O) groups is 2. The van der Waals surface area contributed by atoms with Crippen LogP contribution in [0.3, 0.4) is 0 Å². The second kappa shape index (κ2) is 9.19. The third-order valence-corrected chi connectivity index (χ3v) is 3.74. The molecule has 0 aliphatic carbocycles. The summed E-state index contributed by atoms with van der Waals surface area (Å²) in [6.45, 7) is 1.46. The fourth-order valence-electron chi connectivity index (χ4n) is 2.50. The van der Waals surface area contributed by atoms with Crippen LogP contribution in [-0.2, 0) is 9.59 Å². The summed E-state index contributed by atoms with van der Waals surface area (Å²) < 4.78 is 5.77. The van der Waals surface area contributed by atoms with E-state index >= 15 is 0 Å². The summed E-state index contributed by atoms with van der Waals surface area (Å²) in [4.78, 5) is 23.2. The van der Waals surface area contributed by atoms with Gasteiger partial charge in [0.2, 0.25) is 11.8 Å². The van der Waals surface area contributed by atoms with Crippen LogP contribution in [0.25, 0.3) is 6.08 Å². The van der Waals surface area contributed by atoms with E-state index in [9.17, 15) is 9.59 Å². The monoisotopic (exact) mass is 372 g/mol. The Morgan fingerprint density at radius 3 is 2.21 bits per heavy atom. The number of ether oxygens (including phenoxy) is 1. The average Bonchev–Trinajstić information content (AvgIpc) is 2.68. The molecule has 5 heteroatoms. The van der Waals surface area contributed by atoms with Crippen molar-refractivity contribution in [2.24, 2.45) is 0 Å². The molecule has 0 aromatic heterocycles. The highest BCUT2D eigenvalue weighted by Crippen LogP contribution is 2.23. The van der Waals surface area contributed by atoms with Gasteiger partial charge in [0.15, 0.2) is 0 Å². The van der Waals surface area contributed by atoms with Gasteiger partial charge in [-0.15, -0.1) is 0 Å². The Kier molecular flexibility index (Phi) is 6.21. The van der Waals surface area contributed by atoms with Crippen molar-refractivity contribution < 1.29 is 14.3 Å². The number of anilines is 2. The maximum atomic E-state index is 12.2. The molecule has 140 valence electrons. The molecule has 5 nitrogen and oxygen atoms in total. The van der Waals surface area contributed by atoms with E-state index in [1.54, 1.807) is 30.3 Å². The zero-order valence-electron chi connectivity index (χ0n) is 15.4. The molecule has 0 saturated heterocycles. The maximum Gasteiger partial charge on any atom is 0.248 e. The molecule has 0 spiro atoms. The van der Waals surface area contributed by atoms with Crippen LogP contribution >= 0.6 is 0 Å². The van der Waals surface area contributed by atoms with Gasteiger partial charge >= 0.3 is 0 Å². The number of rotatable bonds is 6. The van der Waals surface area contributed by atoms with Gasteiger partial charge in [0, 0.05) is 30.4 Å². The largest absolute Gasteiger partial charge is 0.457 e. The summed E-state index contributed by atoms with van der Waals surface area (Å²) >= 11 is 0. The molecule has 0 fully saturated rings. The van der Waals surface area contributed by atoms with Gasteiger partial charge in [-0.1, -0.05) is 36.4 Å². The van der Waals surface area contributed by atoms with Crippen molar-refractivity contribution in [1.29, 1.82) is 0 Å². The third kappa shape index (κ3) is 5.85. The van der Waals surface area contributed by atoms with Crippen molar-refractivity contribution in [2.45, 2.75) is 6.92 Å². The summed E-state index contributed by atoms with van der Waals surface area (Å²) in [6.07, 6.45) is 3.16. The summed E-state index contributed by atoms with van der Waals surface area (Å²) in [7, 11) is 0. The van der Waals surface area contributed by atoms with Gasteiger partial charge in [0.05, 0.1) is 0 Å². The zero-order valence-corrected chi connectivity index (χ0v) is 15.4. The Balaban J connectivity index is 1.59. The van der Waals surface area contributed by atoms with Crippen molar-refractivity contribution in [3.8, 4) is 11.5 Å². The fourth-order valence-corrected chi connectivity index (χ4v) is 2.50. The molecule has 28 heavy (non-hydrogen) atoms. The first-order valence-electron chi connectivity index (χ1n) is 8.78. The van der Waals surface area contributed by atoms with Crippen LogP contribution in [-0.4, -0.2) is 11.8 Å².